The molecule has 0 fully saturated rings. The number of carbonyl (C=O) groups is 1. The first-order chi connectivity index (χ1) is 9.72. The second-order valence-electron chi connectivity index (χ2n) is 4.40. The van der Waals surface area contributed by atoms with E-state index in [9.17, 15) is 4.79 Å². The van der Waals surface area contributed by atoms with E-state index in [1.54, 1.807) is 12.3 Å². The van der Waals surface area contributed by atoms with E-state index in [0.29, 0.717) is 12.1 Å². The minimum Gasteiger partial charge on any atom is -0.467 e. The molecule has 0 aliphatic carbocycles. The summed E-state index contributed by atoms with van der Waals surface area (Å²) in [6.07, 6.45) is 3.19. The zero-order chi connectivity index (χ0) is 14.4. The van der Waals surface area contributed by atoms with Gasteiger partial charge >= 0.3 is 0 Å². The largest absolute Gasteiger partial charge is 0.467 e. The summed E-state index contributed by atoms with van der Waals surface area (Å²) in [4.78, 5) is 17.8. The molecule has 6 heteroatoms. The van der Waals surface area contributed by atoms with Crippen molar-refractivity contribution >= 4 is 5.91 Å². The van der Waals surface area contributed by atoms with Crippen molar-refractivity contribution in [1.29, 1.82) is 0 Å². The van der Waals surface area contributed by atoms with Gasteiger partial charge in [-0.1, -0.05) is 13.0 Å². The van der Waals surface area contributed by atoms with E-state index in [-0.39, 0.29) is 5.91 Å². The lowest BCUT2D eigenvalue weighted by Crippen LogP contribution is -2.29. The van der Waals surface area contributed by atoms with Crippen LogP contribution in [0.1, 0.15) is 28.7 Å². The molecule has 0 aromatic carbocycles. The van der Waals surface area contributed by atoms with Gasteiger partial charge < -0.3 is 4.42 Å². The number of aromatic nitrogens is 1. The Morgan fingerprint density at radius 2 is 2.30 bits per heavy atom. The summed E-state index contributed by atoms with van der Waals surface area (Å²) in [6.45, 7) is 4.27. The molecule has 0 spiro atoms. The SMILES string of the molecule is CCN(Cc1ccccn1)Cc1cc(C(=O)NN)co1. The van der Waals surface area contributed by atoms with Crippen molar-refractivity contribution < 1.29 is 9.21 Å². The lowest BCUT2D eigenvalue weighted by atomic mass is 10.2. The Labute approximate surface area is 117 Å². The van der Waals surface area contributed by atoms with Crippen LogP contribution >= 0.6 is 0 Å². The van der Waals surface area contributed by atoms with Crippen molar-refractivity contribution in [3.63, 3.8) is 0 Å². The maximum atomic E-state index is 11.4. The molecule has 0 bridgehead atoms. The predicted octanol–water partition coefficient (Wildman–Crippen LogP) is 1.30. The van der Waals surface area contributed by atoms with Crippen LogP contribution in [0.4, 0.5) is 0 Å². The summed E-state index contributed by atoms with van der Waals surface area (Å²) in [5, 5.41) is 0. The fourth-order valence-corrected chi connectivity index (χ4v) is 1.89. The number of carbonyl (C=O) groups excluding carboxylic acids is 1. The maximum absolute atomic E-state index is 11.4. The highest BCUT2D eigenvalue weighted by molar-refractivity contribution is 5.93. The maximum Gasteiger partial charge on any atom is 0.268 e. The lowest BCUT2D eigenvalue weighted by Gasteiger charge is -2.18. The summed E-state index contributed by atoms with van der Waals surface area (Å²) in [7, 11) is 0. The number of hydrogen-bond acceptors (Lipinski definition) is 5. The Kier molecular flexibility index (Phi) is 4.86. The van der Waals surface area contributed by atoms with Crippen LogP contribution in [0.15, 0.2) is 41.1 Å². The number of hydrazine groups is 1. The van der Waals surface area contributed by atoms with Gasteiger partial charge in [0.15, 0.2) is 0 Å². The minimum atomic E-state index is -0.354. The van der Waals surface area contributed by atoms with E-state index in [4.69, 9.17) is 10.3 Å². The Balaban J connectivity index is 1.99. The van der Waals surface area contributed by atoms with E-state index in [1.807, 2.05) is 18.2 Å². The van der Waals surface area contributed by atoms with E-state index >= 15 is 0 Å². The van der Waals surface area contributed by atoms with Crippen molar-refractivity contribution in [2.45, 2.75) is 20.0 Å². The highest BCUT2D eigenvalue weighted by Gasteiger charge is 2.12. The van der Waals surface area contributed by atoms with Crippen molar-refractivity contribution in [1.82, 2.24) is 15.3 Å². The number of nitrogen functional groups attached to an aromatic ring is 1. The highest BCUT2D eigenvalue weighted by atomic mass is 16.3. The van der Waals surface area contributed by atoms with Gasteiger partial charge in [-0.2, -0.15) is 0 Å². The van der Waals surface area contributed by atoms with Crippen LogP contribution in [-0.2, 0) is 13.1 Å². The second-order valence-corrected chi connectivity index (χ2v) is 4.40. The van der Waals surface area contributed by atoms with Crippen LogP contribution in [0.5, 0.6) is 0 Å². The summed E-state index contributed by atoms with van der Waals surface area (Å²) in [6, 6.07) is 7.54. The fourth-order valence-electron chi connectivity index (χ4n) is 1.89. The zero-order valence-corrected chi connectivity index (χ0v) is 11.4. The van der Waals surface area contributed by atoms with Gasteiger partial charge in [-0.3, -0.25) is 20.1 Å². The van der Waals surface area contributed by atoms with Crippen molar-refractivity contribution in [2.75, 3.05) is 6.54 Å². The molecule has 0 unspecified atom stereocenters. The normalized spacial score (nSPS) is 10.8. The summed E-state index contributed by atoms with van der Waals surface area (Å²) < 4.78 is 5.38. The molecule has 2 aromatic rings. The number of nitrogens with zero attached hydrogens (tertiary/aromatic N) is 2. The van der Waals surface area contributed by atoms with Gasteiger partial charge in [0, 0.05) is 12.7 Å². The zero-order valence-electron chi connectivity index (χ0n) is 11.4. The molecule has 2 rings (SSSR count). The third-order valence-corrected chi connectivity index (χ3v) is 2.99. The molecule has 2 aromatic heterocycles. The number of rotatable bonds is 6. The highest BCUT2D eigenvalue weighted by Crippen LogP contribution is 2.12. The molecule has 2 heterocycles. The van der Waals surface area contributed by atoms with Crippen molar-refractivity contribution in [2.24, 2.45) is 5.84 Å². The van der Waals surface area contributed by atoms with Gasteiger partial charge in [-0.25, -0.2) is 5.84 Å². The molecule has 1 amide bonds. The Bertz CT molecular complexity index is 553. The summed E-state index contributed by atoms with van der Waals surface area (Å²) in [5.74, 6) is 5.45. The van der Waals surface area contributed by atoms with Crippen molar-refractivity contribution in [3.05, 3.63) is 53.7 Å². The third kappa shape index (κ3) is 3.66. The molecule has 6 nitrogen and oxygen atoms in total. The van der Waals surface area contributed by atoms with Gasteiger partial charge in [0.25, 0.3) is 5.91 Å². The van der Waals surface area contributed by atoms with Crippen LogP contribution in [-0.4, -0.2) is 22.3 Å². The Morgan fingerprint density at radius 3 is 2.95 bits per heavy atom. The smallest absolute Gasteiger partial charge is 0.268 e. The number of pyridine rings is 1. The first-order valence-corrected chi connectivity index (χ1v) is 6.43. The van der Waals surface area contributed by atoms with Gasteiger partial charge in [0.2, 0.25) is 0 Å². The minimum absolute atomic E-state index is 0.354. The van der Waals surface area contributed by atoms with Crippen LogP contribution in [0.3, 0.4) is 0 Å². The van der Waals surface area contributed by atoms with Gasteiger partial charge in [-0.15, -0.1) is 0 Å². The molecule has 106 valence electrons. The average molecular weight is 274 g/mol. The van der Waals surface area contributed by atoms with Gasteiger partial charge in [0.05, 0.1) is 17.8 Å². The molecule has 0 aliphatic rings. The molecule has 0 atom stereocenters. The second kappa shape index (κ2) is 6.83. The first-order valence-electron chi connectivity index (χ1n) is 6.43. The topological polar surface area (TPSA) is 84.4 Å². The number of hydrogen-bond donors (Lipinski definition) is 2. The molecular formula is C14H18N4O2. The molecule has 0 aliphatic heterocycles. The van der Waals surface area contributed by atoms with Crippen LogP contribution in [0.2, 0.25) is 0 Å². The lowest BCUT2D eigenvalue weighted by molar-refractivity contribution is 0.0953. The quantitative estimate of drug-likeness (QED) is 0.471. The van der Waals surface area contributed by atoms with Gasteiger partial charge in [0.1, 0.15) is 12.0 Å². The third-order valence-electron chi connectivity index (χ3n) is 2.99. The monoisotopic (exact) mass is 274 g/mol. The molecular weight excluding hydrogens is 256 g/mol. The summed E-state index contributed by atoms with van der Waals surface area (Å²) in [5.41, 5.74) is 3.51. The number of amides is 1. The first kappa shape index (κ1) is 14.2. The molecule has 0 saturated heterocycles. The average Bonchev–Trinajstić information content (AvgIpc) is 2.95. The van der Waals surface area contributed by atoms with Gasteiger partial charge in [-0.05, 0) is 24.7 Å². The molecule has 3 N–H and O–H groups in total. The van der Waals surface area contributed by atoms with E-state index in [1.165, 1.54) is 6.26 Å². The number of nitrogens with one attached hydrogen (secondary N) is 1. The van der Waals surface area contributed by atoms with E-state index < -0.39 is 0 Å². The fraction of sp³-hybridized carbons (Fsp3) is 0.286. The number of furan rings is 1. The predicted molar refractivity (Wildman–Crippen MR) is 74.4 cm³/mol. The van der Waals surface area contributed by atoms with E-state index in [2.05, 4.69) is 22.2 Å². The van der Waals surface area contributed by atoms with Crippen LogP contribution in [0.25, 0.3) is 0 Å². The van der Waals surface area contributed by atoms with Crippen molar-refractivity contribution in [3.8, 4) is 0 Å². The van der Waals surface area contributed by atoms with E-state index in [0.717, 1.165) is 24.5 Å². The van der Waals surface area contributed by atoms with Crippen LogP contribution < -0.4 is 11.3 Å². The molecule has 20 heavy (non-hydrogen) atoms. The van der Waals surface area contributed by atoms with Crippen LogP contribution in [0, 0.1) is 0 Å². The summed E-state index contributed by atoms with van der Waals surface area (Å²) >= 11 is 0. The molecule has 0 radical (unpaired) electrons. The molecule has 0 saturated carbocycles. The standard InChI is InChI=1S/C14H18N4O2/c1-2-18(8-12-5-3-4-6-16-12)9-13-7-11(10-20-13)14(19)17-15/h3-7,10H,2,8-9,15H2,1H3,(H,17,19). The number of nitrogens with two attached hydrogens (primary N) is 1. The Hall–Kier alpha value is -2.18. The Morgan fingerprint density at radius 1 is 1.45 bits per heavy atom.